The summed E-state index contributed by atoms with van der Waals surface area (Å²) in [5.41, 5.74) is 0.657. The molecule has 0 aromatic rings. The molecule has 0 aromatic carbocycles. The lowest BCUT2D eigenvalue weighted by molar-refractivity contribution is 0.125. The Labute approximate surface area is 109 Å². The van der Waals surface area contributed by atoms with Crippen molar-refractivity contribution in [2.45, 2.75) is 73.1 Å². The lowest BCUT2D eigenvalue weighted by Crippen LogP contribution is -2.29. The van der Waals surface area contributed by atoms with E-state index in [0.717, 1.165) is 29.6 Å². The van der Waals surface area contributed by atoms with Gasteiger partial charge in [0.15, 0.2) is 0 Å². The van der Waals surface area contributed by atoms with Gasteiger partial charge < -0.3 is 0 Å². The highest BCUT2D eigenvalue weighted by Gasteiger charge is 2.59. The Morgan fingerprint density at radius 2 is 1.76 bits per heavy atom. The van der Waals surface area contributed by atoms with Crippen molar-refractivity contribution < 1.29 is 0 Å². The second kappa shape index (κ2) is 4.94. The molecule has 0 radical (unpaired) electrons. The summed E-state index contributed by atoms with van der Waals surface area (Å²) in [5, 5.41) is 0. The molecule has 0 bridgehead atoms. The van der Waals surface area contributed by atoms with E-state index in [1.54, 1.807) is 0 Å². The van der Waals surface area contributed by atoms with Gasteiger partial charge in [-0.15, -0.1) is 0 Å². The molecule has 0 aromatic heterocycles. The van der Waals surface area contributed by atoms with Gasteiger partial charge in [0.1, 0.15) is 0 Å². The zero-order chi connectivity index (χ0) is 12.6. The fraction of sp³-hybridized carbons (Fsp3) is 1.00. The van der Waals surface area contributed by atoms with Crippen molar-refractivity contribution in [3.8, 4) is 0 Å². The van der Waals surface area contributed by atoms with Crippen LogP contribution in [0.25, 0.3) is 0 Å². The summed E-state index contributed by atoms with van der Waals surface area (Å²) < 4.78 is 0. The van der Waals surface area contributed by atoms with Gasteiger partial charge in [0.05, 0.1) is 0 Å². The molecule has 0 heteroatoms. The minimum atomic E-state index is 0.657. The van der Waals surface area contributed by atoms with E-state index in [4.69, 9.17) is 0 Å². The van der Waals surface area contributed by atoms with Crippen LogP contribution in [0.2, 0.25) is 0 Å². The van der Waals surface area contributed by atoms with Gasteiger partial charge in [0.2, 0.25) is 0 Å². The summed E-state index contributed by atoms with van der Waals surface area (Å²) in [7, 11) is 0. The van der Waals surface area contributed by atoms with Gasteiger partial charge in [0, 0.05) is 0 Å². The average molecular weight is 236 g/mol. The average Bonchev–Trinajstić information content (AvgIpc) is 2.81. The maximum atomic E-state index is 2.62. The van der Waals surface area contributed by atoms with Crippen LogP contribution in [0.3, 0.4) is 0 Å². The minimum absolute atomic E-state index is 0.657. The van der Waals surface area contributed by atoms with Gasteiger partial charge in [-0.2, -0.15) is 0 Å². The SMILES string of the molecule is CCC(C)C1C(C)[C@@H]1C(C)(CC)C1CCCC1. The Kier molecular flexibility index (Phi) is 3.90. The van der Waals surface area contributed by atoms with Crippen molar-refractivity contribution >= 4 is 0 Å². The monoisotopic (exact) mass is 236 g/mol. The molecule has 2 fully saturated rings. The smallest absolute Gasteiger partial charge is 0.0266 e. The van der Waals surface area contributed by atoms with E-state index in [2.05, 4.69) is 34.6 Å². The molecule has 2 rings (SSSR count). The van der Waals surface area contributed by atoms with E-state index in [1.807, 2.05) is 0 Å². The standard InChI is InChI=1S/C17H32/c1-6-12(3)15-13(4)16(15)17(5,7-2)14-10-8-9-11-14/h12-16H,6-11H2,1-5H3/t12?,13?,15?,16-,17?/m0/s1. The molecule has 0 saturated heterocycles. The first kappa shape index (κ1) is 13.4. The third-order valence-electron chi connectivity index (χ3n) is 6.56. The predicted molar refractivity (Wildman–Crippen MR) is 76.0 cm³/mol. The topological polar surface area (TPSA) is 0 Å². The lowest BCUT2D eigenvalue weighted by Gasteiger charge is -2.36. The molecule has 2 aliphatic carbocycles. The van der Waals surface area contributed by atoms with Crippen molar-refractivity contribution in [3.63, 3.8) is 0 Å². The summed E-state index contributed by atoms with van der Waals surface area (Å²) >= 11 is 0. The zero-order valence-corrected chi connectivity index (χ0v) is 12.6. The molecule has 0 nitrogen and oxygen atoms in total. The molecule has 2 saturated carbocycles. The highest BCUT2D eigenvalue weighted by atomic mass is 14.6. The lowest BCUT2D eigenvalue weighted by atomic mass is 9.68. The van der Waals surface area contributed by atoms with Crippen LogP contribution in [-0.2, 0) is 0 Å². The van der Waals surface area contributed by atoms with Crippen LogP contribution in [0.4, 0.5) is 0 Å². The number of hydrogen-bond donors (Lipinski definition) is 0. The number of hydrogen-bond acceptors (Lipinski definition) is 0. The molecule has 0 aliphatic heterocycles. The van der Waals surface area contributed by atoms with E-state index in [0.29, 0.717) is 5.41 Å². The first-order valence-corrected chi connectivity index (χ1v) is 8.06. The normalized spacial score (nSPS) is 39.0. The summed E-state index contributed by atoms with van der Waals surface area (Å²) in [5.74, 6) is 5.04. The second-order valence-electron chi connectivity index (χ2n) is 7.19. The molecule has 0 amide bonds. The van der Waals surface area contributed by atoms with E-state index < -0.39 is 0 Å². The fourth-order valence-electron chi connectivity index (χ4n) is 5.06. The van der Waals surface area contributed by atoms with Gasteiger partial charge in [-0.05, 0) is 47.8 Å². The van der Waals surface area contributed by atoms with E-state index in [-0.39, 0.29) is 0 Å². The summed E-state index contributed by atoms with van der Waals surface area (Å²) in [6.07, 6.45) is 8.79. The zero-order valence-electron chi connectivity index (χ0n) is 12.6. The Morgan fingerprint density at radius 3 is 2.24 bits per heavy atom. The molecule has 0 spiro atoms. The van der Waals surface area contributed by atoms with Crippen molar-refractivity contribution in [2.75, 3.05) is 0 Å². The number of rotatable bonds is 5. The van der Waals surface area contributed by atoms with Crippen molar-refractivity contribution in [3.05, 3.63) is 0 Å². The highest BCUT2D eigenvalue weighted by molar-refractivity contribution is 5.07. The Balaban J connectivity index is 2.08. The van der Waals surface area contributed by atoms with Crippen LogP contribution < -0.4 is 0 Å². The van der Waals surface area contributed by atoms with E-state index in [9.17, 15) is 0 Å². The predicted octanol–water partition coefficient (Wildman–Crippen LogP) is 5.52. The van der Waals surface area contributed by atoms with E-state index in [1.165, 1.54) is 38.5 Å². The first-order valence-electron chi connectivity index (χ1n) is 8.06. The Hall–Kier alpha value is 0. The van der Waals surface area contributed by atoms with Crippen molar-refractivity contribution in [1.82, 2.24) is 0 Å². The molecule has 4 unspecified atom stereocenters. The van der Waals surface area contributed by atoms with Gasteiger partial charge in [-0.3, -0.25) is 0 Å². The largest absolute Gasteiger partial charge is 0.0651 e. The molecule has 17 heavy (non-hydrogen) atoms. The third kappa shape index (κ3) is 2.17. The molecule has 2 aliphatic rings. The van der Waals surface area contributed by atoms with Crippen LogP contribution in [0.1, 0.15) is 73.1 Å². The molecule has 100 valence electrons. The van der Waals surface area contributed by atoms with Crippen LogP contribution >= 0.6 is 0 Å². The third-order valence-corrected chi connectivity index (χ3v) is 6.56. The molecule has 0 heterocycles. The van der Waals surface area contributed by atoms with Gasteiger partial charge in [0.25, 0.3) is 0 Å². The fourth-order valence-corrected chi connectivity index (χ4v) is 5.06. The molecule has 5 atom stereocenters. The molecule has 0 N–H and O–H groups in total. The summed E-state index contributed by atoms with van der Waals surface area (Å²) in [6, 6.07) is 0. The Bertz CT molecular complexity index is 251. The van der Waals surface area contributed by atoms with Crippen LogP contribution in [-0.4, -0.2) is 0 Å². The van der Waals surface area contributed by atoms with Crippen LogP contribution in [0.5, 0.6) is 0 Å². The van der Waals surface area contributed by atoms with Crippen molar-refractivity contribution in [2.24, 2.45) is 35.0 Å². The van der Waals surface area contributed by atoms with Crippen LogP contribution in [0, 0.1) is 35.0 Å². The highest BCUT2D eigenvalue weighted by Crippen LogP contribution is 2.65. The summed E-state index contributed by atoms with van der Waals surface area (Å²) in [4.78, 5) is 0. The second-order valence-corrected chi connectivity index (χ2v) is 7.19. The first-order chi connectivity index (χ1) is 8.06. The van der Waals surface area contributed by atoms with Gasteiger partial charge >= 0.3 is 0 Å². The maximum absolute atomic E-state index is 2.62. The summed E-state index contributed by atoms with van der Waals surface area (Å²) in [6.45, 7) is 12.4. The van der Waals surface area contributed by atoms with E-state index >= 15 is 0 Å². The van der Waals surface area contributed by atoms with Gasteiger partial charge in [-0.25, -0.2) is 0 Å². The molecular weight excluding hydrogens is 204 g/mol. The van der Waals surface area contributed by atoms with Gasteiger partial charge in [-0.1, -0.05) is 60.3 Å². The van der Waals surface area contributed by atoms with Crippen LogP contribution in [0.15, 0.2) is 0 Å². The van der Waals surface area contributed by atoms with Crippen molar-refractivity contribution in [1.29, 1.82) is 0 Å². The molecular formula is C17H32. The maximum Gasteiger partial charge on any atom is -0.0266 e. The Morgan fingerprint density at radius 1 is 1.18 bits per heavy atom. The quantitative estimate of drug-likeness (QED) is 0.589. The minimum Gasteiger partial charge on any atom is -0.0651 e.